The predicted molar refractivity (Wildman–Crippen MR) is 143 cm³/mol. The van der Waals surface area contributed by atoms with Crippen LogP contribution in [0, 0.1) is 34.5 Å². The van der Waals surface area contributed by atoms with Gasteiger partial charge in [-0.25, -0.2) is 4.39 Å². The van der Waals surface area contributed by atoms with Crippen LogP contribution in [0.15, 0.2) is 0 Å². The van der Waals surface area contributed by atoms with Crippen molar-refractivity contribution in [2.75, 3.05) is 5.88 Å². The molecule has 0 spiro atoms. The van der Waals surface area contributed by atoms with Crippen molar-refractivity contribution < 1.29 is 37.8 Å². The zero-order valence-electron chi connectivity index (χ0n) is 24.1. The third-order valence-corrected chi connectivity index (χ3v) is 11.5. The van der Waals surface area contributed by atoms with Gasteiger partial charge < -0.3 is 14.2 Å². The normalized spacial score (nSPS) is 44.8. The van der Waals surface area contributed by atoms with E-state index >= 15 is 4.39 Å². The van der Waals surface area contributed by atoms with Gasteiger partial charge in [0.05, 0.1) is 5.88 Å². The molecule has 0 unspecified atom stereocenters. The molecule has 4 aliphatic carbocycles. The summed E-state index contributed by atoms with van der Waals surface area (Å²) in [4.78, 5) is 50.7. The summed E-state index contributed by atoms with van der Waals surface area (Å²) in [5.41, 5.74) is -4.10. The number of Topliss-reactive ketones (excluding diaryl/α,β-unsaturated/α-hetero) is 1. The fourth-order valence-corrected chi connectivity index (χ4v) is 9.74. The number of alkyl halides is 2. The van der Waals surface area contributed by atoms with Gasteiger partial charge in [0.2, 0.25) is 0 Å². The Kier molecular flexibility index (Phi) is 8.23. The van der Waals surface area contributed by atoms with Gasteiger partial charge in [-0.15, -0.1) is 11.6 Å². The van der Waals surface area contributed by atoms with Crippen molar-refractivity contribution in [1.82, 2.24) is 0 Å². The molecule has 0 heterocycles. The van der Waals surface area contributed by atoms with Gasteiger partial charge in [0.15, 0.2) is 17.0 Å². The molecule has 0 aromatic rings. The molecule has 4 fully saturated rings. The number of halogens is 2. The Morgan fingerprint density at radius 3 is 2.13 bits per heavy atom. The van der Waals surface area contributed by atoms with Crippen LogP contribution in [0.1, 0.15) is 99.3 Å². The van der Waals surface area contributed by atoms with Crippen LogP contribution in [0.25, 0.3) is 0 Å². The van der Waals surface area contributed by atoms with E-state index in [2.05, 4.69) is 0 Å². The highest BCUT2D eigenvalue weighted by molar-refractivity contribution is 6.29. The summed E-state index contributed by atoms with van der Waals surface area (Å²) in [5.74, 6) is -2.25. The number of carbonyl (C=O) groups excluding carboxylic acids is 4. The van der Waals surface area contributed by atoms with Gasteiger partial charge in [-0.3, -0.25) is 19.2 Å². The molecule has 0 bridgehead atoms. The van der Waals surface area contributed by atoms with Crippen LogP contribution in [-0.4, -0.2) is 53.0 Å². The topological polar surface area (TPSA) is 96.0 Å². The largest absolute Gasteiger partial charge is 0.462 e. The number of ether oxygens (including phenoxy) is 3. The first-order chi connectivity index (χ1) is 18.3. The fraction of sp³-hybridized carbons (Fsp3) is 0.867. The molecule has 0 aromatic carbocycles. The Hall–Kier alpha value is -1.70. The molecule has 0 radical (unpaired) electrons. The molecule has 220 valence electrons. The summed E-state index contributed by atoms with van der Waals surface area (Å²) >= 11 is 6.13. The van der Waals surface area contributed by atoms with E-state index in [0.29, 0.717) is 32.1 Å². The number of carbonyl (C=O) groups is 4. The first kappa shape index (κ1) is 30.3. The Bertz CT molecular complexity index is 1020. The molecule has 4 saturated carbocycles. The number of hydrogen-bond donors (Lipinski definition) is 0. The first-order valence-corrected chi connectivity index (χ1v) is 15.1. The van der Waals surface area contributed by atoms with Crippen molar-refractivity contribution in [3.8, 4) is 0 Å². The molecular weight excluding hydrogens is 527 g/mol. The van der Waals surface area contributed by atoms with Crippen LogP contribution in [0.3, 0.4) is 0 Å². The Balaban J connectivity index is 1.76. The van der Waals surface area contributed by atoms with E-state index < -0.39 is 52.2 Å². The lowest BCUT2D eigenvalue weighted by Crippen LogP contribution is -2.70. The molecule has 0 amide bonds. The first-order valence-electron chi connectivity index (χ1n) is 14.6. The zero-order chi connectivity index (χ0) is 29.0. The van der Waals surface area contributed by atoms with Gasteiger partial charge >= 0.3 is 17.9 Å². The lowest BCUT2D eigenvalue weighted by atomic mass is 9.42. The monoisotopic (exact) mass is 570 g/mol. The summed E-state index contributed by atoms with van der Waals surface area (Å²) in [6.07, 6.45) is 1.64. The third kappa shape index (κ3) is 4.33. The highest BCUT2D eigenvalue weighted by Gasteiger charge is 2.75. The highest BCUT2D eigenvalue weighted by atomic mass is 35.5. The summed E-state index contributed by atoms with van der Waals surface area (Å²) in [7, 11) is 0. The average Bonchev–Trinajstić information content (AvgIpc) is 3.11. The van der Waals surface area contributed by atoms with Crippen LogP contribution in [0.4, 0.5) is 4.39 Å². The van der Waals surface area contributed by atoms with Crippen LogP contribution >= 0.6 is 11.6 Å². The predicted octanol–water partition coefficient (Wildman–Crippen LogP) is 5.73. The highest BCUT2D eigenvalue weighted by Crippen LogP contribution is 2.72. The second-order valence-corrected chi connectivity index (χ2v) is 13.2. The van der Waals surface area contributed by atoms with Crippen LogP contribution in [0.5, 0.6) is 0 Å². The van der Waals surface area contributed by atoms with Gasteiger partial charge in [-0.1, -0.05) is 34.6 Å². The molecule has 7 nitrogen and oxygen atoms in total. The van der Waals surface area contributed by atoms with Crippen LogP contribution < -0.4 is 0 Å². The van der Waals surface area contributed by atoms with Crippen molar-refractivity contribution >= 4 is 35.3 Å². The van der Waals surface area contributed by atoms with Crippen molar-refractivity contribution in [3.05, 3.63) is 0 Å². The van der Waals surface area contributed by atoms with Gasteiger partial charge in [0, 0.05) is 42.9 Å². The third-order valence-electron chi connectivity index (χ3n) is 11.3. The molecular formula is C30H44ClFO7. The van der Waals surface area contributed by atoms with Crippen molar-refractivity contribution in [2.24, 2.45) is 34.5 Å². The van der Waals surface area contributed by atoms with Crippen molar-refractivity contribution in [3.63, 3.8) is 0 Å². The number of ketones is 1. The maximum absolute atomic E-state index is 16.8. The number of rotatable bonds is 7. The Labute approximate surface area is 236 Å². The lowest BCUT2D eigenvalue weighted by molar-refractivity contribution is -0.266. The molecule has 4 aliphatic rings. The SMILES string of the molecule is CCC(=O)O[C@]12C[C@@H](OC(C)=O)CC[C@]1(C)[C@H]1CC[C@@]3(C)[C@@H](C[C@H](C)[C@]3(OC(=O)CC)C(=O)CCl)[C@@H]1C[C@H]2F. The number of fused-ring (bicyclic) bond motifs is 5. The molecule has 10 atom stereocenters. The maximum Gasteiger partial charge on any atom is 0.306 e. The fourth-order valence-electron chi connectivity index (χ4n) is 9.54. The summed E-state index contributed by atoms with van der Waals surface area (Å²) in [6, 6.07) is 0. The Morgan fingerprint density at radius 1 is 0.923 bits per heavy atom. The Morgan fingerprint density at radius 2 is 1.54 bits per heavy atom. The van der Waals surface area contributed by atoms with E-state index in [1.807, 2.05) is 20.8 Å². The smallest absolute Gasteiger partial charge is 0.306 e. The average molecular weight is 571 g/mol. The minimum Gasteiger partial charge on any atom is -0.462 e. The van der Waals surface area contributed by atoms with Crippen molar-refractivity contribution in [1.29, 1.82) is 0 Å². The molecule has 0 N–H and O–H groups in total. The van der Waals surface area contributed by atoms with Gasteiger partial charge in [0.1, 0.15) is 12.3 Å². The lowest BCUT2D eigenvalue weighted by Gasteiger charge is -2.65. The molecule has 0 aliphatic heterocycles. The summed E-state index contributed by atoms with van der Waals surface area (Å²) < 4.78 is 34.5. The standard InChI is InChI=1S/C30H44ClFO7/c1-7-25(35)38-29-15-19(37-18(4)33)9-11-27(29,5)21-10-12-28(6)22(20(21)14-23(29)32)13-17(3)30(28,24(34)16-31)39-26(36)8-2/h17,19-23H,7-16H2,1-6H3/t17-,19-,20+,21-,22-,23+,27+,28-,29-,30-/m0/s1. The quantitative estimate of drug-likeness (QED) is 0.219. The van der Waals surface area contributed by atoms with E-state index in [4.69, 9.17) is 25.8 Å². The number of hydrogen-bond acceptors (Lipinski definition) is 7. The van der Waals surface area contributed by atoms with Crippen molar-refractivity contribution in [2.45, 2.75) is 123 Å². The van der Waals surface area contributed by atoms with Gasteiger partial charge in [-0.2, -0.15) is 0 Å². The summed E-state index contributed by atoms with van der Waals surface area (Å²) in [6.45, 7) is 10.7. The van der Waals surface area contributed by atoms with Crippen LogP contribution in [0.2, 0.25) is 0 Å². The molecule has 4 rings (SSSR count). The molecule has 39 heavy (non-hydrogen) atoms. The zero-order valence-corrected chi connectivity index (χ0v) is 24.9. The van der Waals surface area contributed by atoms with E-state index in [0.717, 1.165) is 0 Å². The molecule has 0 aromatic heterocycles. The van der Waals surface area contributed by atoms with Gasteiger partial charge in [0.25, 0.3) is 0 Å². The maximum atomic E-state index is 16.8. The van der Waals surface area contributed by atoms with Crippen LogP contribution in [-0.2, 0) is 33.4 Å². The number of esters is 3. The molecule has 0 saturated heterocycles. The second kappa shape index (κ2) is 10.6. The molecule has 9 heteroatoms. The minimum atomic E-state index is -1.47. The van der Waals surface area contributed by atoms with E-state index in [1.54, 1.807) is 13.8 Å². The summed E-state index contributed by atoms with van der Waals surface area (Å²) in [5, 5.41) is 0. The minimum absolute atomic E-state index is 0.0292. The van der Waals surface area contributed by atoms with E-state index in [-0.39, 0.29) is 61.0 Å². The van der Waals surface area contributed by atoms with Gasteiger partial charge in [-0.05, 0) is 56.3 Å². The van der Waals surface area contributed by atoms with E-state index in [1.165, 1.54) is 6.92 Å². The second-order valence-electron chi connectivity index (χ2n) is 12.9. The van der Waals surface area contributed by atoms with E-state index in [9.17, 15) is 19.2 Å².